The number of rotatable bonds is 3. The Balaban J connectivity index is 0.000000163. The van der Waals surface area contributed by atoms with Crippen molar-refractivity contribution in [1.29, 1.82) is 0 Å². The molecule has 2 nitrogen and oxygen atoms in total. The molecule has 4 heteroatoms. The van der Waals surface area contributed by atoms with Gasteiger partial charge in [-0.2, -0.15) is 0 Å². The van der Waals surface area contributed by atoms with Gasteiger partial charge in [0, 0.05) is 13.1 Å². The largest absolute Gasteiger partial charge is 0.308 e. The van der Waals surface area contributed by atoms with E-state index in [9.17, 15) is 0 Å². The number of hydrogen-bond donors (Lipinski definition) is 0. The fraction of sp³-hybridized carbons (Fsp3) is 1.00. The van der Waals surface area contributed by atoms with Crippen LogP contribution in [0.25, 0.3) is 0 Å². The molecule has 0 N–H and O–H groups in total. The van der Waals surface area contributed by atoms with Crippen molar-refractivity contribution in [2.24, 2.45) is 46.3 Å². The molecule has 6 aliphatic carbocycles. The Morgan fingerprint density at radius 1 is 0.633 bits per heavy atom. The summed E-state index contributed by atoms with van der Waals surface area (Å²) in [6.45, 7) is 16.6. The van der Waals surface area contributed by atoms with E-state index in [4.69, 9.17) is 15.7 Å². The van der Waals surface area contributed by atoms with Crippen LogP contribution in [0.4, 0.5) is 0 Å². The van der Waals surface area contributed by atoms with Crippen LogP contribution < -0.4 is 0 Å². The lowest BCUT2D eigenvalue weighted by atomic mass is 9.41. The van der Waals surface area contributed by atoms with Gasteiger partial charge in [-0.3, -0.25) is 0 Å². The molecule has 6 saturated carbocycles. The maximum atomic E-state index is 6.02. The summed E-state index contributed by atoms with van der Waals surface area (Å²) in [4.78, 5) is 4.36. The van der Waals surface area contributed by atoms with E-state index in [1.165, 1.54) is 25.7 Å². The van der Waals surface area contributed by atoms with Crippen LogP contribution in [0.3, 0.4) is 0 Å². The van der Waals surface area contributed by atoms with Gasteiger partial charge in [0.2, 0.25) is 0 Å². The van der Waals surface area contributed by atoms with Gasteiger partial charge in [0.25, 0.3) is 0 Å². The van der Waals surface area contributed by atoms with Crippen molar-refractivity contribution in [2.75, 3.05) is 41.3 Å². The maximum Gasteiger partial charge on any atom is 0.0703 e. The highest BCUT2D eigenvalue weighted by atomic mass is 15.1. The second-order valence-corrected chi connectivity index (χ2v) is 12.8. The van der Waals surface area contributed by atoms with Crippen LogP contribution >= 0.6 is 0 Å². The first-order valence-corrected chi connectivity index (χ1v) is 12.5. The third-order valence-corrected chi connectivity index (χ3v) is 9.82. The van der Waals surface area contributed by atoms with Crippen LogP contribution in [0.15, 0.2) is 0 Å². The zero-order chi connectivity index (χ0) is 23.0. The van der Waals surface area contributed by atoms with Gasteiger partial charge in [-0.05, 0) is 87.4 Å². The quantitative estimate of drug-likeness (QED) is 0.573. The molecule has 0 aromatic heterocycles. The van der Waals surface area contributed by atoms with E-state index < -0.39 is 0 Å². The third-order valence-electron chi connectivity index (χ3n) is 9.82. The highest BCUT2D eigenvalue weighted by Crippen LogP contribution is 2.64. The number of likely N-dealkylation sites (N-methyl/N-ethyl adjacent to an activating group) is 2. The van der Waals surface area contributed by atoms with Crippen LogP contribution in [0.5, 0.6) is 0 Å². The second kappa shape index (κ2) is 9.90. The molecule has 6 rings (SSSR count). The van der Waals surface area contributed by atoms with Gasteiger partial charge >= 0.3 is 0 Å². The molecule has 0 saturated heterocycles. The molecule has 0 aromatic carbocycles. The molecule has 0 spiro atoms. The number of nitrogens with zero attached hydrogens (tertiary/aromatic N) is 2. The van der Waals surface area contributed by atoms with Gasteiger partial charge in [-0.15, -0.1) is 0 Å². The molecule has 6 fully saturated rings. The van der Waals surface area contributed by atoms with E-state index in [1.54, 1.807) is 0 Å². The second-order valence-electron chi connectivity index (χ2n) is 12.8. The summed E-state index contributed by atoms with van der Waals surface area (Å²) in [5, 5.41) is 0. The van der Waals surface area contributed by atoms with E-state index in [1.807, 2.05) is 0 Å². The first kappa shape index (κ1) is 26.3. The minimum atomic E-state index is 0.492. The normalized spacial score (nSPS) is 42.1. The third kappa shape index (κ3) is 5.51. The Bertz CT molecular complexity index is 497. The van der Waals surface area contributed by atoms with E-state index in [0.29, 0.717) is 22.5 Å². The fourth-order valence-electron chi connectivity index (χ4n) is 6.78. The molecule has 30 heavy (non-hydrogen) atoms. The highest BCUT2D eigenvalue weighted by Gasteiger charge is 2.55. The van der Waals surface area contributed by atoms with Crippen LogP contribution in [0.2, 0.25) is 11.6 Å². The van der Waals surface area contributed by atoms with Crippen molar-refractivity contribution < 1.29 is 0 Å². The van der Waals surface area contributed by atoms with Crippen molar-refractivity contribution in [2.45, 2.75) is 78.9 Å². The lowest BCUT2D eigenvalue weighted by Crippen LogP contribution is -2.53. The predicted octanol–water partition coefficient (Wildman–Crippen LogP) is 5.40. The van der Waals surface area contributed by atoms with Crippen LogP contribution in [-0.4, -0.2) is 66.8 Å². The van der Waals surface area contributed by atoms with Gasteiger partial charge < -0.3 is 9.80 Å². The fourth-order valence-corrected chi connectivity index (χ4v) is 6.78. The lowest BCUT2D eigenvalue weighted by Gasteiger charge is -2.62. The Hall–Kier alpha value is 0.0499. The average molecular weight is 412 g/mol. The van der Waals surface area contributed by atoms with Crippen LogP contribution in [0, 0.1) is 46.3 Å². The Kier molecular flexibility index (Phi) is 8.68. The van der Waals surface area contributed by atoms with Crippen molar-refractivity contribution in [3.63, 3.8) is 0 Å². The Morgan fingerprint density at radius 3 is 1.10 bits per heavy atom. The van der Waals surface area contributed by atoms with Gasteiger partial charge in [0.1, 0.15) is 0 Å². The predicted molar refractivity (Wildman–Crippen MR) is 134 cm³/mol. The first-order chi connectivity index (χ1) is 13.7. The maximum absolute atomic E-state index is 6.02. The molecule has 0 heterocycles. The van der Waals surface area contributed by atoms with Crippen LogP contribution in [0.1, 0.15) is 67.2 Å². The van der Waals surface area contributed by atoms with Gasteiger partial charge in [-0.1, -0.05) is 66.0 Å². The summed E-state index contributed by atoms with van der Waals surface area (Å²) in [5.41, 5.74) is 1.21. The standard InChI is InChI=1S/2C10H17B.C6H16N2/c2*1-6-8-4-7(5-9(6)11)10(8,2)3;1-7(2)5-6-8(3)4/h2*6-9H,4-5H2,1-3H3;5-6H2,1-4H3/t2*6-,7?,8?,9-;/m00./s1. The van der Waals surface area contributed by atoms with Crippen molar-refractivity contribution in [3.8, 4) is 0 Å². The summed E-state index contributed by atoms with van der Waals surface area (Å²) >= 11 is 0. The van der Waals surface area contributed by atoms with Gasteiger partial charge in [0.05, 0.1) is 15.7 Å². The molecule has 6 aliphatic rings. The molecule has 8 atom stereocenters. The molecule has 0 amide bonds. The highest BCUT2D eigenvalue weighted by molar-refractivity contribution is 6.12. The van der Waals surface area contributed by atoms with Crippen molar-refractivity contribution in [1.82, 2.24) is 9.80 Å². The summed E-state index contributed by atoms with van der Waals surface area (Å²) in [6, 6.07) is 0. The zero-order valence-electron chi connectivity index (χ0n) is 21.9. The average Bonchev–Trinajstić information content (AvgIpc) is 2.64. The minimum absolute atomic E-state index is 0.492. The molecule has 170 valence electrons. The van der Waals surface area contributed by atoms with E-state index in [0.717, 1.165) is 48.6 Å². The molecular weight excluding hydrogens is 362 g/mol. The SMILES string of the molecule is CN(C)CCN(C)C.[B][C@H]1CC2CC([C@@H]1C)C2(C)C.[B][C@H]1CC2CC([C@@H]1C)C2(C)C. The van der Waals surface area contributed by atoms with Gasteiger partial charge in [0.15, 0.2) is 0 Å². The lowest BCUT2D eigenvalue weighted by molar-refractivity contribution is -0.0980. The smallest absolute Gasteiger partial charge is 0.0703 e. The molecular formula is C26H50B2N2. The van der Waals surface area contributed by atoms with Crippen molar-refractivity contribution >= 4 is 15.7 Å². The number of hydrogen-bond acceptors (Lipinski definition) is 2. The monoisotopic (exact) mass is 412 g/mol. The van der Waals surface area contributed by atoms with E-state index in [2.05, 4.69) is 79.5 Å². The first-order valence-electron chi connectivity index (χ1n) is 12.5. The van der Waals surface area contributed by atoms with E-state index in [-0.39, 0.29) is 0 Å². The molecule has 0 aliphatic heterocycles. The summed E-state index contributed by atoms with van der Waals surface area (Å²) in [7, 11) is 20.4. The Labute approximate surface area is 192 Å². The topological polar surface area (TPSA) is 6.48 Å². The Morgan fingerprint density at radius 2 is 0.933 bits per heavy atom. The van der Waals surface area contributed by atoms with Crippen LogP contribution in [-0.2, 0) is 0 Å². The molecule has 4 unspecified atom stereocenters. The summed E-state index contributed by atoms with van der Waals surface area (Å²) in [6.07, 6.45) is 5.43. The summed E-state index contributed by atoms with van der Waals surface area (Å²) in [5.74, 6) is 6.19. The molecule has 4 radical (unpaired) electrons. The zero-order valence-corrected chi connectivity index (χ0v) is 21.9. The van der Waals surface area contributed by atoms with Gasteiger partial charge in [-0.25, -0.2) is 0 Å². The number of fused-ring (bicyclic) bond motifs is 4. The molecule has 4 bridgehead atoms. The summed E-state index contributed by atoms with van der Waals surface area (Å²) < 4.78 is 0. The van der Waals surface area contributed by atoms with E-state index >= 15 is 0 Å². The molecule has 0 aromatic rings. The van der Waals surface area contributed by atoms with Crippen molar-refractivity contribution in [3.05, 3.63) is 0 Å². The minimum Gasteiger partial charge on any atom is -0.308 e.